The van der Waals surface area contributed by atoms with E-state index in [1.165, 1.54) is 11.1 Å². The summed E-state index contributed by atoms with van der Waals surface area (Å²) in [5.41, 5.74) is 2.73. The standard InChI is InChI=1S/C16H22N4O/c1-3-8-18-16-14-6-5-13(21-2)9-12(14)4-7-15(16)20-11-17-10-19-20/h5-6,9-11,15-16,18H,3-4,7-8H2,1-2H3. The van der Waals surface area contributed by atoms with Gasteiger partial charge in [-0.3, -0.25) is 0 Å². The van der Waals surface area contributed by atoms with Crippen LogP contribution in [0.1, 0.15) is 43.0 Å². The van der Waals surface area contributed by atoms with Crippen LogP contribution in [0.3, 0.4) is 0 Å². The Morgan fingerprint density at radius 2 is 2.33 bits per heavy atom. The number of ether oxygens (including phenoxy) is 1. The molecule has 0 saturated heterocycles. The number of benzene rings is 1. The summed E-state index contributed by atoms with van der Waals surface area (Å²) in [5.74, 6) is 0.933. The molecular weight excluding hydrogens is 264 g/mol. The number of nitrogens with zero attached hydrogens (tertiary/aromatic N) is 3. The van der Waals surface area contributed by atoms with Crippen molar-refractivity contribution in [3.63, 3.8) is 0 Å². The Morgan fingerprint density at radius 1 is 1.43 bits per heavy atom. The van der Waals surface area contributed by atoms with Gasteiger partial charge in [0.1, 0.15) is 18.4 Å². The fourth-order valence-corrected chi connectivity index (χ4v) is 3.13. The van der Waals surface area contributed by atoms with Gasteiger partial charge in [0, 0.05) is 0 Å². The minimum absolute atomic E-state index is 0.279. The Hall–Kier alpha value is -1.88. The third-order valence-electron chi connectivity index (χ3n) is 4.17. The minimum atomic E-state index is 0.279. The topological polar surface area (TPSA) is 52.0 Å². The molecule has 5 heteroatoms. The Kier molecular flexibility index (Phi) is 4.20. The summed E-state index contributed by atoms with van der Waals surface area (Å²) in [5, 5.41) is 8.02. The predicted octanol–water partition coefficient (Wildman–Crippen LogP) is 2.51. The van der Waals surface area contributed by atoms with Gasteiger partial charge in [0.2, 0.25) is 0 Å². The molecule has 0 amide bonds. The van der Waals surface area contributed by atoms with Crippen LogP contribution in [0.5, 0.6) is 5.75 Å². The van der Waals surface area contributed by atoms with Gasteiger partial charge in [0.05, 0.1) is 19.2 Å². The van der Waals surface area contributed by atoms with E-state index in [1.807, 2.05) is 17.1 Å². The molecule has 2 aromatic rings. The third-order valence-corrected chi connectivity index (χ3v) is 4.17. The van der Waals surface area contributed by atoms with Gasteiger partial charge < -0.3 is 10.1 Å². The first-order chi connectivity index (χ1) is 10.3. The lowest BCUT2D eigenvalue weighted by Crippen LogP contribution is -2.34. The minimum Gasteiger partial charge on any atom is -0.497 e. The molecule has 3 rings (SSSR count). The molecule has 1 N–H and O–H groups in total. The molecule has 21 heavy (non-hydrogen) atoms. The molecular formula is C16H22N4O. The molecule has 112 valence electrons. The van der Waals surface area contributed by atoms with Crippen LogP contribution in [-0.4, -0.2) is 28.4 Å². The molecule has 0 bridgehead atoms. The molecule has 0 spiro atoms. The maximum absolute atomic E-state index is 5.35. The summed E-state index contributed by atoms with van der Waals surface area (Å²) in [7, 11) is 1.72. The first-order valence-corrected chi connectivity index (χ1v) is 7.57. The number of fused-ring (bicyclic) bond motifs is 1. The van der Waals surface area contributed by atoms with Crippen LogP contribution in [0.25, 0.3) is 0 Å². The van der Waals surface area contributed by atoms with Crippen LogP contribution in [0.15, 0.2) is 30.9 Å². The summed E-state index contributed by atoms with van der Waals surface area (Å²) in [6, 6.07) is 6.99. The van der Waals surface area contributed by atoms with Crippen molar-refractivity contribution >= 4 is 0 Å². The van der Waals surface area contributed by atoms with Crippen LogP contribution in [0.4, 0.5) is 0 Å². The number of methoxy groups -OCH3 is 1. The van der Waals surface area contributed by atoms with Gasteiger partial charge in [-0.05, 0) is 49.1 Å². The van der Waals surface area contributed by atoms with E-state index in [0.717, 1.165) is 31.6 Å². The lowest BCUT2D eigenvalue weighted by molar-refractivity contribution is 0.295. The van der Waals surface area contributed by atoms with Crippen molar-refractivity contribution in [1.82, 2.24) is 20.1 Å². The smallest absolute Gasteiger partial charge is 0.137 e. The van der Waals surface area contributed by atoms with Crippen molar-refractivity contribution in [2.75, 3.05) is 13.7 Å². The largest absolute Gasteiger partial charge is 0.497 e. The van der Waals surface area contributed by atoms with Crippen molar-refractivity contribution in [2.24, 2.45) is 0 Å². The van der Waals surface area contributed by atoms with Crippen LogP contribution in [0.2, 0.25) is 0 Å². The number of hydrogen-bond acceptors (Lipinski definition) is 4. The Labute approximate surface area is 125 Å². The molecule has 0 radical (unpaired) electrons. The van der Waals surface area contributed by atoms with E-state index >= 15 is 0 Å². The van der Waals surface area contributed by atoms with Gasteiger partial charge in [0.15, 0.2) is 0 Å². The summed E-state index contributed by atoms with van der Waals surface area (Å²) >= 11 is 0. The van der Waals surface area contributed by atoms with Crippen molar-refractivity contribution in [3.05, 3.63) is 42.0 Å². The Morgan fingerprint density at radius 3 is 3.05 bits per heavy atom. The van der Waals surface area contributed by atoms with Crippen molar-refractivity contribution < 1.29 is 4.74 Å². The molecule has 1 aromatic heterocycles. The van der Waals surface area contributed by atoms with Crippen molar-refractivity contribution in [1.29, 1.82) is 0 Å². The van der Waals surface area contributed by atoms with Crippen LogP contribution in [0, 0.1) is 0 Å². The second-order valence-electron chi connectivity index (χ2n) is 5.48. The Balaban J connectivity index is 1.94. The second kappa shape index (κ2) is 6.26. The zero-order valence-electron chi connectivity index (χ0n) is 12.6. The molecule has 0 aliphatic heterocycles. The van der Waals surface area contributed by atoms with Crippen molar-refractivity contribution in [3.8, 4) is 5.75 Å². The molecule has 1 aliphatic rings. The third kappa shape index (κ3) is 2.78. The zero-order valence-corrected chi connectivity index (χ0v) is 12.6. The predicted molar refractivity (Wildman–Crippen MR) is 81.4 cm³/mol. The van der Waals surface area contributed by atoms with E-state index < -0.39 is 0 Å². The van der Waals surface area contributed by atoms with E-state index in [0.29, 0.717) is 6.04 Å². The molecule has 1 heterocycles. The highest BCUT2D eigenvalue weighted by Gasteiger charge is 2.31. The number of nitrogens with one attached hydrogen (secondary N) is 1. The monoisotopic (exact) mass is 286 g/mol. The van der Waals surface area contributed by atoms with E-state index in [9.17, 15) is 0 Å². The van der Waals surface area contributed by atoms with Crippen LogP contribution >= 0.6 is 0 Å². The van der Waals surface area contributed by atoms with Crippen molar-refractivity contribution in [2.45, 2.75) is 38.3 Å². The fourth-order valence-electron chi connectivity index (χ4n) is 3.13. The number of hydrogen-bond donors (Lipinski definition) is 1. The number of aryl methyl sites for hydroxylation is 1. The lowest BCUT2D eigenvalue weighted by Gasteiger charge is -2.34. The molecule has 1 aliphatic carbocycles. The molecule has 0 fully saturated rings. The number of aromatic nitrogens is 3. The molecule has 2 atom stereocenters. The maximum Gasteiger partial charge on any atom is 0.137 e. The SMILES string of the molecule is CCCNC1c2ccc(OC)cc2CCC1n1cncn1. The van der Waals surface area contributed by atoms with Gasteiger partial charge in [-0.2, -0.15) is 5.10 Å². The zero-order chi connectivity index (χ0) is 14.7. The first kappa shape index (κ1) is 14.1. The Bertz CT molecular complexity index is 582. The fraction of sp³-hybridized carbons (Fsp3) is 0.500. The van der Waals surface area contributed by atoms with E-state index in [4.69, 9.17) is 4.74 Å². The summed E-state index contributed by atoms with van der Waals surface area (Å²) in [6.07, 6.45) is 6.65. The molecule has 5 nitrogen and oxygen atoms in total. The quantitative estimate of drug-likeness (QED) is 0.917. The molecule has 0 saturated carbocycles. The highest BCUT2D eigenvalue weighted by molar-refractivity contribution is 5.40. The number of rotatable bonds is 5. The van der Waals surface area contributed by atoms with Gasteiger partial charge in [-0.25, -0.2) is 9.67 Å². The highest BCUT2D eigenvalue weighted by Crippen LogP contribution is 2.38. The van der Waals surface area contributed by atoms with Crippen LogP contribution in [-0.2, 0) is 6.42 Å². The maximum atomic E-state index is 5.35. The summed E-state index contributed by atoms with van der Waals surface area (Å²) in [4.78, 5) is 4.10. The average molecular weight is 286 g/mol. The van der Waals surface area contributed by atoms with E-state index in [2.05, 4.69) is 34.5 Å². The molecule has 1 aromatic carbocycles. The van der Waals surface area contributed by atoms with E-state index in [1.54, 1.807) is 13.4 Å². The molecule has 2 unspecified atom stereocenters. The second-order valence-corrected chi connectivity index (χ2v) is 5.48. The van der Waals surface area contributed by atoms with Gasteiger partial charge in [-0.1, -0.05) is 13.0 Å². The summed E-state index contributed by atoms with van der Waals surface area (Å²) in [6.45, 7) is 3.19. The summed E-state index contributed by atoms with van der Waals surface area (Å²) < 4.78 is 7.33. The normalized spacial score (nSPS) is 21.0. The average Bonchev–Trinajstić information content (AvgIpc) is 3.06. The van der Waals surface area contributed by atoms with Gasteiger partial charge >= 0.3 is 0 Å². The van der Waals surface area contributed by atoms with E-state index in [-0.39, 0.29) is 6.04 Å². The van der Waals surface area contributed by atoms with Crippen LogP contribution < -0.4 is 10.1 Å². The van der Waals surface area contributed by atoms with Gasteiger partial charge in [-0.15, -0.1) is 0 Å². The highest BCUT2D eigenvalue weighted by atomic mass is 16.5. The van der Waals surface area contributed by atoms with Gasteiger partial charge in [0.25, 0.3) is 0 Å². The first-order valence-electron chi connectivity index (χ1n) is 7.57. The lowest BCUT2D eigenvalue weighted by atomic mass is 9.84.